The zero-order chi connectivity index (χ0) is 14.5. The van der Waals surface area contributed by atoms with Crippen LogP contribution in [0.25, 0.3) is 0 Å². The summed E-state index contributed by atoms with van der Waals surface area (Å²) in [7, 11) is 1.45. The summed E-state index contributed by atoms with van der Waals surface area (Å²) in [5.74, 6) is 0.196. The number of hydrogen-bond acceptors (Lipinski definition) is 7. The molecule has 1 aliphatic rings. The van der Waals surface area contributed by atoms with Crippen LogP contribution in [-0.2, 0) is 16.1 Å². The first-order valence-corrected chi connectivity index (χ1v) is 7.82. The lowest BCUT2D eigenvalue weighted by atomic mass is 9.99. The molecule has 1 N–H and O–H groups in total. The summed E-state index contributed by atoms with van der Waals surface area (Å²) in [5.41, 5.74) is 0. The number of carbonyl (C=O) groups excluding carboxylic acids is 1. The number of nitrogens with zero attached hydrogens (tertiary/aromatic N) is 3. The first kappa shape index (κ1) is 15.2. The number of ether oxygens (including phenoxy) is 1. The van der Waals surface area contributed by atoms with Crippen LogP contribution in [-0.4, -0.2) is 47.8 Å². The Hall–Kier alpha value is -1.21. The Balaban J connectivity index is 1.88. The third-order valence-corrected chi connectivity index (χ3v) is 4.41. The van der Waals surface area contributed by atoms with Crippen LogP contribution in [0.4, 0.5) is 5.13 Å². The van der Waals surface area contributed by atoms with Crippen molar-refractivity contribution < 1.29 is 9.53 Å². The Kier molecular flexibility index (Phi) is 5.31. The average molecular weight is 298 g/mol. The van der Waals surface area contributed by atoms with Gasteiger partial charge in [0, 0.05) is 19.6 Å². The fourth-order valence-electron chi connectivity index (χ4n) is 2.47. The molecule has 20 heavy (non-hydrogen) atoms. The molecule has 112 valence electrons. The number of aromatic nitrogens is 2. The summed E-state index contributed by atoms with van der Waals surface area (Å²) in [4.78, 5) is 13.9. The molecule has 0 radical (unpaired) electrons. The molecule has 0 spiro atoms. The van der Waals surface area contributed by atoms with E-state index in [4.69, 9.17) is 4.74 Å². The van der Waals surface area contributed by atoms with Crippen molar-refractivity contribution in [2.24, 2.45) is 11.8 Å². The lowest BCUT2D eigenvalue weighted by Crippen LogP contribution is -2.24. The quantitative estimate of drug-likeness (QED) is 0.805. The largest absolute Gasteiger partial charge is 0.469 e. The van der Waals surface area contributed by atoms with Gasteiger partial charge >= 0.3 is 5.97 Å². The van der Waals surface area contributed by atoms with Gasteiger partial charge in [-0.05, 0) is 12.3 Å². The second kappa shape index (κ2) is 6.99. The van der Waals surface area contributed by atoms with E-state index in [9.17, 15) is 4.79 Å². The molecule has 2 heterocycles. The molecule has 2 unspecified atom stereocenters. The monoisotopic (exact) mass is 298 g/mol. The number of hydrogen-bond donors (Lipinski definition) is 1. The highest BCUT2D eigenvalue weighted by Crippen LogP contribution is 2.26. The highest BCUT2D eigenvalue weighted by Gasteiger charge is 2.35. The second-order valence-electron chi connectivity index (χ2n) is 5.23. The second-order valence-corrected chi connectivity index (χ2v) is 6.29. The molecule has 1 aromatic heterocycles. The molecule has 0 saturated carbocycles. The van der Waals surface area contributed by atoms with E-state index >= 15 is 0 Å². The van der Waals surface area contributed by atoms with E-state index in [-0.39, 0.29) is 11.9 Å². The van der Waals surface area contributed by atoms with E-state index in [0.717, 1.165) is 42.7 Å². The standard InChI is InChI=1S/C13H22N4O2S/c1-4-5-14-13-16-15-11(20-13)8-17-6-9(2)10(7-17)12(18)19-3/h9-10H,4-8H2,1-3H3,(H,14,16). The number of likely N-dealkylation sites (tertiary alicyclic amines) is 1. The number of carbonyl (C=O) groups is 1. The summed E-state index contributed by atoms with van der Waals surface area (Å²) in [5, 5.41) is 13.4. The molecule has 0 amide bonds. The smallest absolute Gasteiger partial charge is 0.310 e. The van der Waals surface area contributed by atoms with Crippen molar-refractivity contribution in [3.05, 3.63) is 5.01 Å². The number of methoxy groups -OCH3 is 1. The van der Waals surface area contributed by atoms with Crippen LogP contribution in [0, 0.1) is 11.8 Å². The summed E-state index contributed by atoms with van der Waals surface area (Å²) in [6, 6.07) is 0. The van der Waals surface area contributed by atoms with Crippen LogP contribution in [0.2, 0.25) is 0 Å². The highest BCUT2D eigenvalue weighted by atomic mass is 32.1. The zero-order valence-electron chi connectivity index (χ0n) is 12.3. The normalized spacial score (nSPS) is 22.9. The lowest BCUT2D eigenvalue weighted by Gasteiger charge is -2.12. The van der Waals surface area contributed by atoms with Crippen molar-refractivity contribution in [1.82, 2.24) is 15.1 Å². The maximum absolute atomic E-state index is 11.7. The minimum atomic E-state index is -0.109. The fraction of sp³-hybridized carbons (Fsp3) is 0.769. The molecule has 1 aliphatic heterocycles. The Morgan fingerprint density at radius 1 is 1.50 bits per heavy atom. The number of rotatable bonds is 6. The van der Waals surface area contributed by atoms with Crippen molar-refractivity contribution in [3.8, 4) is 0 Å². The Morgan fingerprint density at radius 3 is 3.00 bits per heavy atom. The van der Waals surface area contributed by atoms with E-state index in [1.54, 1.807) is 11.3 Å². The topological polar surface area (TPSA) is 67.4 Å². The molecule has 1 saturated heterocycles. The first-order chi connectivity index (χ1) is 9.63. The number of esters is 1. The van der Waals surface area contributed by atoms with Gasteiger partial charge in [0.1, 0.15) is 5.01 Å². The van der Waals surface area contributed by atoms with Crippen molar-refractivity contribution in [1.29, 1.82) is 0 Å². The van der Waals surface area contributed by atoms with Gasteiger partial charge in [0.25, 0.3) is 0 Å². The Labute approximate surface area is 123 Å². The summed E-state index contributed by atoms with van der Waals surface area (Å²) in [6.45, 7) is 7.52. The van der Waals surface area contributed by atoms with Gasteiger partial charge in [-0.25, -0.2) is 0 Å². The van der Waals surface area contributed by atoms with Crippen LogP contribution < -0.4 is 5.32 Å². The average Bonchev–Trinajstić information content (AvgIpc) is 3.03. The predicted octanol–water partition coefficient (Wildman–Crippen LogP) is 1.60. The Bertz CT molecular complexity index is 451. The summed E-state index contributed by atoms with van der Waals surface area (Å²) < 4.78 is 4.85. The van der Waals surface area contributed by atoms with Gasteiger partial charge in [-0.1, -0.05) is 25.2 Å². The molecule has 0 aromatic carbocycles. The third-order valence-electron chi connectivity index (χ3n) is 3.54. The number of nitrogens with one attached hydrogen (secondary N) is 1. The van der Waals surface area contributed by atoms with Crippen LogP contribution >= 0.6 is 11.3 Å². The van der Waals surface area contributed by atoms with Crippen molar-refractivity contribution in [2.45, 2.75) is 26.8 Å². The molecule has 7 heteroatoms. The minimum Gasteiger partial charge on any atom is -0.469 e. The Morgan fingerprint density at radius 2 is 2.30 bits per heavy atom. The molecule has 1 aromatic rings. The van der Waals surface area contributed by atoms with Crippen LogP contribution in [0.5, 0.6) is 0 Å². The molecular formula is C13H22N4O2S. The maximum atomic E-state index is 11.7. The predicted molar refractivity (Wildman–Crippen MR) is 78.6 cm³/mol. The van der Waals surface area contributed by atoms with Gasteiger partial charge in [0.05, 0.1) is 19.6 Å². The molecular weight excluding hydrogens is 276 g/mol. The molecule has 0 bridgehead atoms. The van der Waals surface area contributed by atoms with Gasteiger partial charge in [0.2, 0.25) is 5.13 Å². The van der Waals surface area contributed by atoms with E-state index in [2.05, 4.69) is 34.3 Å². The lowest BCUT2D eigenvalue weighted by molar-refractivity contribution is -0.146. The molecule has 2 atom stereocenters. The molecule has 0 aliphatic carbocycles. The summed E-state index contributed by atoms with van der Waals surface area (Å²) in [6.07, 6.45) is 1.07. The van der Waals surface area contributed by atoms with Crippen molar-refractivity contribution >= 4 is 22.4 Å². The van der Waals surface area contributed by atoms with E-state index in [0.29, 0.717) is 5.92 Å². The molecule has 2 rings (SSSR count). The highest BCUT2D eigenvalue weighted by molar-refractivity contribution is 7.15. The zero-order valence-corrected chi connectivity index (χ0v) is 13.1. The minimum absolute atomic E-state index is 0.0226. The SMILES string of the molecule is CCCNc1nnc(CN2CC(C)C(C(=O)OC)C2)s1. The van der Waals surface area contributed by atoms with Crippen LogP contribution in [0.15, 0.2) is 0 Å². The van der Waals surface area contributed by atoms with Gasteiger partial charge in [-0.2, -0.15) is 0 Å². The first-order valence-electron chi connectivity index (χ1n) is 7.00. The third kappa shape index (κ3) is 3.67. The van der Waals surface area contributed by atoms with Crippen molar-refractivity contribution in [3.63, 3.8) is 0 Å². The van der Waals surface area contributed by atoms with E-state index < -0.39 is 0 Å². The molecule has 6 nitrogen and oxygen atoms in total. The van der Waals surface area contributed by atoms with Gasteiger partial charge < -0.3 is 10.1 Å². The summed E-state index contributed by atoms with van der Waals surface area (Å²) >= 11 is 1.59. The van der Waals surface area contributed by atoms with Crippen LogP contribution in [0.1, 0.15) is 25.3 Å². The maximum Gasteiger partial charge on any atom is 0.310 e. The van der Waals surface area contributed by atoms with E-state index in [1.165, 1.54) is 7.11 Å². The van der Waals surface area contributed by atoms with Gasteiger partial charge in [-0.15, -0.1) is 10.2 Å². The van der Waals surface area contributed by atoms with Crippen molar-refractivity contribution in [2.75, 3.05) is 32.1 Å². The van der Waals surface area contributed by atoms with Gasteiger partial charge in [-0.3, -0.25) is 9.69 Å². The van der Waals surface area contributed by atoms with E-state index in [1.807, 2.05) is 0 Å². The van der Waals surface area contributed by atoms with Gasteiger partial charge in [0.15, 0.2) is 0 Å². The number of anilines is 1. The molecule has 1 fully saturated rings. The van der Waals surface area contributed by atoms with Crippen LogP contribution in [0.3, 0.4) is 0 Å². The fourth-order valence-corrected chi connectivity index (χ4v) is 3.27.